The molecule has 0 atom stereocenters. The van der Waals surface area contributed by atoms with E-state index in [4.69, 9.17) is 0 Å². The lowest BCUT2D eigenvalue weighted by molar-refractivity contribution is 0.307. The molecule has 1 aromatic rings. The molecule has 0 radical (unpaired) electrons. The summed E-state index contributed by atoms with van der Waals surface area (Å²) in [6.07, 6.45) is 0.151. The van der Waals surface area contributed by atoms with E-state index in [1.807, 2.05) is 7.05 Å². The highest BCUT2D eigenvalue weighted by molar-refractivity contribution is 5.46. The van der Waals surface area contributed by atoms with Crippen LogP contribution < -0.4 is 5.32 Å². The number of aromatic nitrogens is 2. The van der Waals surface area contributed by atoms with Crippen molar-refractivity contribution in [1.29, 1.82) is 0 Å². The van der Waals surface area contributed by atoms with Gasteiger partial charge in [-0.1, -0.05) is 0 Å². The van der Waals surface area contributed by atoms with E-state index in [0.717, 1.165) is 30.8 Å². The third-order valence-electron chi connectivity index (χ3n) is 2.46. The predicted molar refractivity (Wildman–Crippen MR) is 51.6 cm³/mol. The average Bonchev–Trinajstić information content (AvgIpc) is 2.17. The van der Waals surface area contributed by atoms with E-state index in [2.05, 4.69) is 20.2 Å². The van der Waals surface area contributed by atoms with Crippen LogP contribution in [0.15, 0.2) is 0 Å². The maximum Gasteiger partial charge on any atom is 0.310 e. The minimum atomic E-state index is -0.641. The van der Waals surface area contributed by atoms with Crippen LogP contribution in [0.5, 0.6) is 0 Å². The molecule has 0 saturated heterocycles. The minimum absolute atomic E-state index is 0.610. The first-order chi connectivity index (χ1) is 6.70. The summed E-state index contributed by atoms with van der Waals surface area (Å²) < 4.78 is 13.0. The third-order valence-corrected chi connectivity index (χ3v) is 2.46. The Morgan fingerprint density at radius 2 is 2.21 bits per heavy atom. The molecule has 2 heterocycles. The normalized spacial score (nSPS) is 16.5. The Bertz CT molecular complexity index is 336. The van der Waals surface area contributed by atoms with E-state index in [1.165, 1.54) is 0 Å². The molecule has 0 saturated carbocycles. The first kappa shape index (κ1) is 9.33. The van der Waals surface area contributed by atoms with E-state index in [0.29, 0.717) is 5.82 Å². The molecule has 0 aliphatic carbocycles. The molecule has 1 aromatic heterocycles. The molecule has 2 rings (SSSR count). The maximum atomic E-state index is 13.0. The Labute approximate surface area is 82.2 Å². The number of hydrogen-bond acceptors (Lipinski definition) is 4. The number of hydrogen-bond donors (Lipinski definition) is 1. The van der Waals surface area contributed by atoms with Crippen LogP contribution in [-0.4, -0.2) is 35.5 Å². The van der Waals surface area contributed by atoms with Gasteiger partial charge in [-0.25, -0.2) is 4.98 Å². The molecular formula is C9H13FN4. The molecule has 1 aliphatic heterocycles. The molecule has 0 amide bonds. The van der Waals surface area contributed by atoms with Gasteiger partial charge in [-0.2, -0.15) is 9.37 Å². The van der Waals surface area contributed by atoms with Gasteiger partial charge >= 0.3 is 6.08 Å². The minimum Gasteiger partial charge on any atom is -0.373 e. The summed E-state index contributed by atoms with van der Waals surface area (Å²) in [4.78, 5) is 9.71. The van der Waals surface area contributed by atoms with Gasteiger partial charge in [0.2, 0.25) is 0 Å². The highest BCUT2D eigenvalue weighted by atomic mass is 19.1. The van der Waals surface area contributed by atoms with Gasteiger partial charge < -0.3 is 10.2 Å². The molecule has 0 bridgehead atoms. The van der Waals surface area contributed by atoms with Gasteiger partial charge in [0.05, 0.1) is 5.69 Å². The average molecular weight is 196 g/mol. The van der Waals surface area contributed by atoms with Crippen LogP contribution in [0.2, 0.25) is 0 Å². The number of likely N-dealkylation sites (N-methyl/N-ethyl adjacent to an activating group) is 1. The summed E-state index contributed by atoms with van der Waals surface area (Å²) in [6.45, 7) is 1.71. The molecule has 1 N–H and O–H groups in total. The van der Waals surface area contributed by atoms with Crippen molar-refractivity contribution in [2.45, 2.75) is 13.0 Å². The fraction of sp³-hybridized carbons (Fsp3) is 0.556. The summed E-state index contributed by atoms with van der Waals surface area (Å²) in [5.74, 6) is 0.610. The largest absolute Gasteiger partial charge is 0.373 e. The Morgan fingerprint density at radius 1 is 1.43 bits per heavy atom. The van der Waals surface area contributed by atoms with Gasteiger partial charge in [0.15, 0.2) is 0 Å². The van der Waals surface area contributed by atoms with Crippen LogP contribution in [0.4, 0.5) is 10.2 Å². The molecule has 4 nitrogen and oxygen atoms in total. The van der Waals surface area contributed by atoms with Gasteiger partial charge in [-0.05, 0) is 7.05 Å². The van der Waals surface area contributed by atoms with Crippen LogP contribution in [0.3, 0.4) is 0 Å². The molecule has 0 spiro atoms. The van der Waals surface area contributed by atoms with Gasteiger partial charge in [0.1, 0.15) is 5.82 Å². The van der Waals surface area contributed by atoms with Crippen LogP contribution in [0.25, 0.3) is 0 Å². The van der Waals surface area contributed by atoms with Crippen molar-refractivity contribution in [2.75, 3.05) is 26.0 Å². The lowest BCUT2D eigenvalue weighted by Crippen LogP contribution is -2.28. The first-order valence-electron chi connectivity index (χ1n) is 4.62. The molecular weight excluding hydrogens is 183 g/mol. The number of halogens is 1. The summed E-state index contributed by atoms with van der Waals surface area (Å²) in [5.41, 5.74) is 1.85. The highest BCUT2D eigenvalue weighted by Crippen LogP contribution is 2.22. The predicted octanol–water partition coefficient (Wildman–Crippen LogP) is 0.645. The van der Waals surface area contributed by atoms with Crippen LogP contribution in [-0.2, 0) is 13.0 Å². The summed E-state index contributed by atoms with van der Waals surface area (Å²) in [7, 11) is 3.78. The second kappa shape index (κ2) is 3.49. The number of nitrogens with zero attached hydrogens (tertiary/aromatic N) is 3. The molecule has 5 heteroatoms. The van der Waals surface area contributed by atoms with E-state index in [1.54, 1.807) is 7.05 Å². The second-order valence-electron chi connectivity index (χ2n) is 3.50. The zero-order valence-electron chi connectivity index (χ0n) is 8.34. The Balaban J connectivity index is 2.47. The quantitative estimate of drug-likeness (QED) is 0.669. The van der Waals surface area contributed by atoms with Gasteiger partial charge in [0.25, 0.3) is 0 Å². The summed E-state index contributed by atoms with van der Waals surface area (Å²) >= 11 is 0. The lowest BCUT2D eigenvalue weighted by atomic mass is 10.1. The molecule has 0 fully saturated rings. The fourth-order valence-electron chi connectivity index (χ4n) is 1.73. The summed E-state index contributed by atoms with van der Waals surface area (Å²) in [6, 6.07) is 0. The molecule has 0 unspecified atom stereocenters. The lowest BCUT2D eigenvalue weighted by Gasteiger charge is -2.25. The third kappa shape index (κ3) is 1.55. The van der Waals surface area contributed by atoms with Crippen molar-refractivity contribution in [3.63, 3.8) is 0 Å². The Kier molecular flexibility index (Phi) is 2.33. The maximum absolute atomic E-state index is 13.0. The van der Waals surface area contributed by atoms with Crippen molar-refractivity contribution in [3.8, 4) is 0 Å². The number of fused-ring (bicyclic) bond motifs is 1. The van der Waals surface area contributed by atoms with E-state index >= 15 is 0 Å². The van der Waals surface area contributed by atoms with Crippen molar-refractivity contribution in [1.82, 2.24) is 14.9 Å². The summed E-state index contributed by atoms with van der Waals surface area (Å²) in [5, 5.41) is 2.90. The van der Waals surface area contributed by atoms with Crippen LogP contribution in [0, 0.1) is 6.08 Å². The van der Waals surface area contributed by atoms with Crippen molar-refractivity contribution in [3.05, 3.63) is 17.3 Å². The fourth-order valence-corrected chi connectivity index (χ4v) is 1.73. The van der Waals surface area contributed by atoms with Crippen molar-refractivity contribution >= 4 is 5.82 Å². The Morgan fingerprint density at radius 3 is 2.93 bits per heavy atom. The van der Waals surface area contributed by atoms with Gasteiger partial charge in [0, 0.05) is 32.1 Å². The van der Waals surface area contributed by atoms with Gasteiger partial charge in [-0.3, -0.25) is 0 Å². The second-order valence-corrected chi connectivity index (χ2v) is 3.50. The first-order valence-corrected chi connectivity index (χ1v) is 4.62. The number of nitrogens with one attached hydrogen (secondary N) is 1. The zero-order valence-corrected chi connectivity index (χ0v) is 8.34. The van der Waals surface area contributed by atoms with Crippen molar-refractivity contribution < 1.29 is 4.39 Å². The van der Waals surface area contributed by atoms with Crippen LogP contribution in [0.1, 0.15) is 11.3 Å². The number of rotatable bonds is 1. The topological polar surface area (TPSA) is 41.1 Å². The monoisotopic (exact) mass is 196 g/mol. The molecule has 14 heavy (non-hydrogen) atoms. The molecule has 76 valence electrons. The highest BCUT2D eigenvalue weighted by Gasteiger charge is 2.19. The van der Waals surface area contributed by atoms with E-state index < -0.39 is 6.08 Å². The van der Waals surface area contributed by atoms with E-state index in [-0.39, 0.29) is 0 Å². The van der Waals surface area contributed by atoms with Crippen molar-refractivity contribution in [2.24, 2.45) is 0 Å². The smallest absolute Gasteiger partial charge is 0.310 e. The molecule has 0 aromatic carbocycles. The van der Waals surface area contributed by atoms with Gasteiger partial charge in [-0.15, -0.1) is 0 Å². The molecule has 1 aliphatic rings. The zero-order chi connectivity index (χ0) is 10.1. The standard InChI is InChI=1S/C9H13FN4/c1-11-8-6-5-14(2)4-3-7(6)12-9(10)13-8/h3-5H2,1-2H3,(H,11,12,13). The van der Waals surface area contributed by atoms with E-state index in [9.17, 15) is 4.39 Å². The van der Waals surface area contributed by atoms with Crippen LogP contribution >= 0.6 is 0 Å². The SMILES string of the molecule is CNc1nc(F)nc2c1CN(C)CC2. The Hall–Kier alpha value is -1.23. The number of anilines is 1.